The quantitative estimate of drug-likeness (QED) is 0.497. The van der Waals surface area contributed by atoms with Crippen molar-refractivity contribution in [1.29, 1.82) is 0 Å². The topological polar surface area (TPSA) is 63.6 Å². The van der Waals surface area contributed by atoms with E-state index in [4.69, 9.17) is 4.74 Å². The Morgan fingerprint density at radius 3 is 2.44 bits per heavy atom. The molecule has 3 aromatic rings. The van der Waals surface area contributed by atoms with Gasteiger partial charge in [0.2, 0.25) is 5.91 Å². The van der Waals surface area contributed by atoms with E-state index in [2.05, 4.69) is 5.32 Å². The summed E-state index contributed by atoms with van der Waals surface area (Å²) in [6.07, 6.45) is 7.97. The Balaban J connectivity index is 1.61. The molecule has 1 aliphatic heterocycles. The fraction of sp³-hybridized carbons (Fsp3) is 0.467. The van der Waals surface area contributed by atoms with Crippen LogP contribution in [-0.4, -0.2) is 35.1 Å². The number of fused-ring (bicyclic) bond motifs is 3. The van der Waals surface area contributed by atoms with E-state index < -0.39 is 5.54 Å². The zero-order valence-corrected chi connectivity index (χ0v) is 21.9. The zero-order valence-electron chi connectivity index (χ0n) is 21.9. The summed E-state index contributed by atoms with van der Waals surface area (Å²) in [6.45, 7) is 6.31. The van der Waals surface area contributed by atoms with Crippen LogP contribution < -0.4 is 15.0 Å². The average Bonchev–Trinajstić information content (AvgIpc) is 3.20. The zero-order chi connectivity index (χ0) is 25.4. The van der Waals surface area contributed by atoms with E-state index in [1.54, 1.807) is 12.0 Å². The standard InChI is InChI=1S/C30H37N3O3/c1-20-12-13-21(2)25(16-20)33-28(34)27-17-22-14-15-24(36-4)18-26(22)32(27)19-30(33,3)29(35)31-23-10-8-6-5-7-9-11-23/h12-18,23H,5-11,19H2,1-4H3,(H,31,35)/t30-/m1/s1. The third-order valence-electron chi connectivity index (χ3n) is 8.03. The van der Waals surface area contributed by atoms with Gasteiger partial charge in [-0.05, 0) is 69.0 Å². The van der Waals surface area contributed by atoms with Gasteiger partial charge in [-0.3, -0.25) is 14.5 Å². The summed E-state index contributed by atoms with van der Waals surface area (Å²) < 4.78 is 7.46. The number of ether oxygens (including phenoxy) is 1. The number of hydrogen-bond acceptors (Lipinski definition) is 3. The van der Waals surface area contributed by atoms with Crippen LogP contribution in [0.1, 0.15) is 73.5 Å². The molecule has 0 unspecified atom stereocenters. The molecule has 36 heavy (non-hydrogen) atoms. The van der Waals surface area contributed by atoms with E-state index in [-0.39, 0.29) is 17.9 Å². The van der Waals surface area contributed by atoms with Crippen LogP contribution in [-0.2, 0) is 11.3 Å². The van der Waals surface area contributed by atoms with Gasteiger partial charge in [0.25, 0.3) is 5.91 Å². The molecule has 0 saturated heterocycles. The first-order valence-electron chi connectivity index (χ1n) is 13.2. The predicted octanol–water partition coefficient (Wildman–Crippen LogP) is 5.91. The van der Waals surface area contributed by atoms with Crippen LogP contribution in [0.25, 0.3) is 10.9 Å². The van der Waals surface area contributed by atoms with Crippen LogP contribution in [0.15, 0.2) is 42.5 Å². The molecule has 0 spiro atoms. The molecule has 5 rings (SSSR count). The second-order valence-electron chi connectivity index (χ2n) is 10.8. The Morgan fingerprint density at radius 2 is 1.72 bits per heavy atom. The van der Waals surface area contributed by atoms with Gasteiger partial charge in [-0.25, -0.2) is 0 Å². The summed E-state index contributed by atoms with van der Waals surface area (Å²) in [7, 11) is 1.64. The number of aromatic nitrogens is 1. The molecule has 0 bridgehead atoms. The van der Waals surface area contributed by atoms with Crippen molar-refractivity contribution in [3.8, 4) is 5.75 Å². The largest absolute Gasteiger partial charge is 0.497 e. The number of nitrogens with one attached hydrogen (secondary N) is 1. The van der Waals surface area contributed by atoms with Crippen LogP contribution in [0.3, 0.4) is 0 Å². The molecule has 2 aliphatic rings. The lowest BCUT2D eigenvalue weighted by Gasteiger charge is -2.45. The molecule has 1 aliphatic carbocycles. The molecule has 1 atom stereocenters. The number of methoxy groups -OCH3 is 1. The SMILES string of the molecule is COc1ccc2cc3n(c2c1)C[C@](C)(C(=O)NC1CCCCCCC1)N(c1cc(C)ccc1C)C3=O. The Morgan fingerprint density at radius 1 is 1.00 bits per heavy atom. The fourth-order valence-corrected chi connectivity index (χ4v) is 5.88. The van der Waals surface area contributed by atoms with Crippen LogP contribution >= 0.6 is 0 Å². The summed E-state index contributed by atoms with van der Waals surface area (Å²) >= 11 is 0. The first-order chi connectivity index (χ1) is 17.3. The molecule has 190 valence electrons. The number of anilines is 1. The van der Waals surface area contributed by atoms with Crippen molar-refractivity contribution in [2.24, 2.45) is 0 Å². The molecular weight excluding hydrogens is 450 g/mol. The second-order valence-corrected chi connectivity index (χ2v) is 10.8. The Kier molecular flexibility index (Phi) is 6.54. The Bertz CT molecular complexity index is 1300. The van der Waals surface area contributed by atoms with E-state index in [1.807, 2.05) is 67.8 Å². The second kappa shape index (κ2) is 9.64. The van der Waals surface area contributed by atoms with E-state index in [9.17, 15) is 9.59 Å². The van der Waals surface area contributed by atoms with Gasteiger partial charge in [-0.15, -0.1) is 0 Å². The highest BCUT2D eigenvalue weighted by atomic mass is 16.5. The van der Waals surface area contributed by atoms with Crippen LogP contribution in [0.2, 0.25) is 0 Å². The van der Waals surface area contributed by atoms with E-state index in [1.165, 1.54) is 19.3 Å². The van der Waals surface area contributed by atoms with Crippen molar-refractivity contribution >= 4 is 28.4 Å². The summed E-state index contributed by atoms with van der Waals surface area (Å²) in [5.74, 6) is 0.492. The minimum atomic E-state index is -1.08. The van der Waals surface area contributed by atoms with Crippen LogP contribution in [0.5, 0.6) is 5.75 Å². The molecule has 2 amide bonds. The van der Waals surface area contributed by atoms with Crippen molar-refractivity contribution in [2.75, 3.05) is 12.0 Å². The van der Waals surface area contributed by atoms with Gasteiger partial charge in [0.1, 0.15) is 17.0 Å². The molecule has 2 heterocycles. The summed E-state index contributed by atoms with van der Waals surface area (Å²) in [5.41, 5.74) is 3.25. The average molecular weight is 488 g/mol. The lowest BCUT2D eigenvalue weighted by molar-refractivity contribution is -0.127. The lowest BCUT2D eigenvalue weighted by Crippen LogP contribution is -2.65. The number of amides is 2. The summed E-state index contributed by atoms with van der Waals surface area (Å²) in [4.78, 5) is 30.1. The first kappa shape index (κ1) is 24.4. The number of hydrogen-bond donors (Lipinski definition) is 1. The minimum Gasteiger partial charge on any atom is -0.497 e. The first-order valence-corrected chi connectivity index (χ1v) is 13.2. The number of benzene rings is 2. The van der Waals surface area contributed by atoms with Gasteiger partial charge in [-0.1, -0.05) is 44.2 Å². The van der Waals surface area contributed by atoms with E-state index >= 15 is 0 Å². The Hall–Kier alpha value is -3.28. The van der Waals surface area contributed by atoms with E-state index in [0.717, 1.165) is 59.2 Å². The van der Waals surface area contributed by atoms with E-state index in [0.29, 0.717) is 12.2 Å². The molecule has 0 radical (unpaired) electrons. The summed E-state index contributed by atoms with van der Waals surface area (Å²) in [5, 5.41) is 4.34. The highest BCUT2D eigenvalue weighted by Crippen LogP contribution is 2.38. The number of nitrogens with zero attached hydrogens (tertiary/aromatic N) is 2. The highest BCUT2D eigenvalue weighted by molar-refractivity contribution is 6.14. The third kappa shape index (κ3) is 4.27. The van der Waals surface area contributed by atoms with Gasteiger partial charge in [0.05, 0.1) is 19.2 Å². The van der Waals surface area contributed by atoms with Crippen LogP contribution in [0, 0.1) is 13.8 Å². The molecule has 6 nitrogen and oxygen atoms in total. The molecule has 1 saturated carbocycles. The van der Waals surface area contributed by atoms with Crippen molar-refractivity contribution in [2.45, 2.75) is 83.8 Å². The Labute approximate surface area is 213 Å². The van der Waals surface area contributed by atoms with Gasteiger partial charge in [0, 0.05) is 23.2 Å². The highest BCUT2D eigenvalue weighted by Gasteiger charge is 2.49. The molecule has 2 aromatic carbocycles. The molecular formula is C30H37N3O3. The van der Waals surface area contributed by atoms with Crippen molar-refractivity contribution < 1.29 is 14.3 Å². The minimum absolute atomic E-state index is 0.0854. The molecule has 1 N–H and O–H groups in total. The maximum atomic E-state index is 14.2. The van der Waals surface area contributed by atoms with Crippen molar-refractivity contribution in [3.63, 3.8) is 0 Å². The number of carbonyl (C=O) groups is 2. The smallest absolute Gasteiger partial charge is 0.275 e. The van der Waals surface area contributed by atoms with Crippen LogP contribution in [0.4, 0.5) is 5.69 Å². The van der Waals surface area contributed by atoms with Crippen molar-refractivity contribution in [1.82, 2.24) is 9.88 Å². The lowest BCUT2D eigenvalue weighted by atomic mass is 9.90. The van der Waals surface area contributed by atoms with Gasteiger partial charge in [-0.2, -0.15) is 0 Å². The monoisotopic (exact) mass is 487 g/mol. The van der Waals surface area contributed by atoms with Crippen molar-refractivity contribution in [3.05, 3.63) is 59.3 Å². The van der Waals surface area contributed by atoms with Gasteiger partial charge in [0.15, 0.2) is 0 Å². The fourth-order valence-electron chi connectivity index (χ4n) is 5.88. The maximum Gasteiger partial charge on any atom is 0.275 e. The maximum absolute atomic E-state index is 14.2. The number of rotatable bonds is 4. The summed E-state index contributed by atoms with van der Waals surface area (Å²) in [6, 6.07) is 14.0. The van der Waals surface area contributed by atoms with Gasteiger partial charge < -0.3 is 14.6 Å². The third-order valence-corrected chi connectivity index (χ3v) is 8.03. The number of carbonyl (C=O) groups excluding carboxylic acids is 2. The normalized spacial score (nSPS) is 21.1. The number of aryl methyl sites for hydroxylation is 2. The molecule has 1 fully saturated rings. The molecule has 6 heteroatoms. The molecule has 1 aromatic heterocycles. The van der Waals surface area contributed by atoms with Gasteiger partial charge >= 0.3 is 0 Å². The predicted molar refractivity (Wildman–Crippen MR) is 144 cm³/mol.